The van der Waals surface area contributed by atoms with Gasteiger partial charge in [-0.05, 0) is 12.1 Å². The molecule has 2 aliphatic rings. The SMILES string of the molecule is CN1C(=O)C(=Cc2sc(N3CCOCC3)nc2-c2ccccc2)c2ccccc21. The average molecular weight is 404 g/mol. The Labute approximate surface area is 173 Å². The lowest BCUT2D eigenvalue weighted by molar-refractivity contribution is -0.112. The fraction of sp³-hybridized carbons (Fsp3) is 0.217. The van der Waals surface area contributed by atoms with E-state index in [1.54, 1.807) is 16.2 Å². The molecular formula is C23H21N3O2S. The minimum absolute atomic E-state index is 0.0199. The predicted octanol–water partition coefficient (Wildman–Crippen LogP) is 4.16. The van der Waals surface area contributed by atoms with Crippen LogP contribution in [0.3, 0.4) is 0 Å². The number of carbonyl (C=O) groups excluding carboxylic acids is 1. The summed E-state index contributed by atoms with van der Waals surface area (Å²) in [6, 6.07) is 18.1. The first-order chi connectivity index (χ1) is 14.2. The summed E-state index contributed by atoms with van der Waals surface area (Å²) in [5.74, 6) is 0.0199. The van der Waals surface area contributed by atoms with E-state index < -0.39 is 0 Å². The Morgan fingerprint density at radius 1 is 1.03 bits per heavy atom. The molecule has 0 atom stereocenters. The summed E-state index contributed by atoms with van der Waals surface area (Å²) >= 11 is 1.64. The molecule has 1 fully saturated rings. The van der Waals surface area contributed by atoms with Gasteiger partial charge in [-0.1, -0.05) is 59.9 Å². The van der Waals surface area contributed by atoms with Gasteiger partial charge in [-0.15, -0.1) is 0 Å². The fourth-order valence-corrected chi connectivity index (χ4v) is 4.86. The lowest BCUT2D eigenvalue weighted by atomic mass is 10.0. The first-order valence-corrected chi connectivity index (χ1v) is 10.5. The molecule has 0 spiro atoms. The van der Waals surface area contributed by atoms with E-state index in [1.165, 1.54) is 0 Å². The Kier molecular flexibility index (Phi) is 4.66. The normalized spacial score (nSPS) is 17.8. The van der Waals surface area contributed by atoms with Gasteiger partial charge in [-0.3, -0.25) is 4.79 Å². The number of rotatable bonds is 3. The van der Waals surface area contributed by atoms with Crippen molar-refractivity contribution in [2.75, 3.05) is 43.2 Å². The van der Waals surface area contributed by atoms with Gasteiger partial charge in [0.25, 0.3) is 5.91 Å². The van der Waals surface area contributed by atoms with Crippen LogP contribution in [0.4, 0.5) is 10.8 Å². The van der Waals surface area contributed by atoms with Crippen molar-refractivity contribution in [3.05, 3.63) is 65.0 Å². The average Bonchev–Trinajstić information content (AvgIpc) is 3.31. The molecule has 5 nitrogen and oxygen atoms in total. The molecule has 3 aromatic rings. The third-order valence-corrected chi connectivity index (χ3v) is 6.40. The fourth-order valence-electron chi connectivity index (χ4n) is 3.78. The molecular weight excluding hydrogens is 382 g/mol. The standard InChI is InChI=1S/C23H21N3O2S/c1-25-19-10-6-5-9-17(19)18(22(25)27)15-20-21(16-7-3-2-4-8-16)24-23(29-20)26-11-13-28-14-12-26/h2-10,15H,11-14H2,1H3. The highest BCUT2D eigenvalue weighted by Crippen LogP contribution is 2.40. The third-order valence-electron chi connectivity index (χ3n) is 5.34. The minimum Gasteiger partial charge on any atom is -0.378 e. The zero-order valence-corrected chi connectivity index (χ0v) is 17.0. The number of likely N-dealkylation sites (N-methyl/N-ethyl adjacent to an activating group) is 1. The van der Waals surface area contributed by atoms with E-state index >= 15 is 0 Å². The van der Waals surface area contributed by atoms with Crippen molar-refractivity contribution in [1.82, 2.24) is 4.98 Å². The molecule has 146 valence electrons. The van der Waals surface area contributed by atoms with Crippen LogP contribution in [-0.4, -0.2) is 44.2 Å². The maximum atomic E-state index is 12.9. The van der Waals surface area contributed by atoms with Crippen molar-refractivity contribution < 1.29 is 9.53 Å². The van der Waals surface area contributed by atoms with E-state index in [1.807, 2.05) is 55.6 Å². The highest BCUT2D eigenvalue weighted by molar-refractivity contribution is 7.17. The van der Waals surface area contributed by atoms with E-state index in [0.717, 1.165) is 51.2 Å². The monoisotopic (exact) mass is 403 g/mol. The van der Waals surface area contributed by atoms with Crippen LogP contribution in [-0.2, 0) is 9.53 Å². The van der Waals surface area contributed by atoms with Crippen LogP contribution >= 0.6 is 11.3 Å². The number of carbonyl (C=O) groups is 1. The molecule has 0 bridgehead atoms. The molecule has 2 aromatic carbocycles. The molecule has 0 radical (unpaired) electrons. The second kappa shape index (κ2) is 7.46. The van der Waals surface area contributed by atoms with E-state index in [-0.39, 0.29) is 5.91 Å². The first kappa shape index (κ1) is 18.1. The number of fused-ring (bicyclic) bond motifs is 1. The molecule has 0 unspecified atom stereocenters. The summed E-state index contributed by atoms with van der Waals surface area (Å²) in [5.41, 5.74) is 4.62. The maximum Gasteiger partial charge on any atom is 0.258 e. The van der Waals surface area contributed by atoms with Crippen LogP contribution in [0.2, 0.25) is 0 Å². The van der Waals surface area contributed by atoms with Gasteiger partial charge in [-0.2, -0.15) is 0 Å². The van der Waals surface area contributed by atoms with E-state index in [0.29, 0.717) is 13.2 Å². The van der Waals surface area contributed by atoms with Gasteiger partial charge >= 0.3 is 0 Å². The molecule has 3 heterocycles. The zero-order chi connectivity index (χ0) is 19.8. The Hall–Kier alpha value is -2.96. The highest BCUT2D eigenvalue weighted by atomic mass is 32.1. The number of amides is 1. The van der Waals surface area contributed by atoms with E-state index in [9.17, 15) is 4.79 Å². The van der Waals surface area contributed by atoms with Crippen LogP contribution in [0.15, 0.2) is 54.6 Å². The van der Waals surface area contributed by atoms with Gasteiger partial charge in [0.1, 0.15) is 0 Å². The Morgan fingerprint density at radius 2 is 1.76 bits per heavy atom. The number of anilines is 2. The van der Waals surface area contributed by atoms with Gasteiger partial charge in [0.2, 0.25) is 0 Å². The van der Waals surface area contributed by atoms with Gasteiger partial charge in [0.15, 0.2) is 5.13 Å². The van der Waals surface area contributed by atoms with Crippen molar-refractivity contribution >= 4 is 39.7 Å². The van der Waals surface area contributed by atoms with Crippen LogP contribution < -0.4 is 9.80 Å². The third kappa shape index (κ3) is 3.24. The lowest BCUT2D eigenvalue weighted by Gasteiger charge is -2.26. The van der Waals surface area contributed by atoms with Crippen molar-refractivity contribution in [2.45, 2.75) is 0 Å². The van der Waals surface area contributed by atoms with Gasteiger partial charge in [0, 0.05) is 31.3 Å². The Morgan fingerprint density at radius 3 is 2.55 bits per heavy atom. The summed E-state index contributed by atoms with van der Waals surface area (Å²) in [7, 11) is 1.83. The van der Waals surface area contributed by atoms with E-state index in [4.69, 9.17) is 9.72 Å². The largest absolute Gasteiger partial charge is 0.378 e. The number of ether oxygens (including phenoxy) is 1. The topological polar surface area (TPSA) is 45.7 Å². The molecule has 1 aromatic heterocycles. The molecule has 5 rings (SSSR count). The Bertz CT molecular complexity index is 1080. The molecule has 6 heteroatoms. The Balaban J connectivity index is 1.63. The minimum atomic E-state index is 0.0199. The summed E-state index contributed by atoms with van der Waals surface area (Å²) in [6.45, 7) is 3.10. The summed E-state index contributed by atoms with van der Waals surface area (Å²) in [4.78, 5) is 22.9. The molecule has 1 amide bonds. The van der Waals surface area contributed by atoms with E-state index in [2.05, 4.69) is 17.0 Å². The number of hydrogen-bond donors (Lipinski definition) is 0. The van der Waals surface area contributed by atoms with Gasteiger partial charge in [-0.25, -0.2) is 4.98 Å². The second-order valence-electron chi connectivity index (χ2n) is 7.11. The number of morpholine rings is 1. The summed E-state index contributed by atoms with van der Waals surface area (Å²) < 4.78 is 5.49. The maximum absolute atomic E-state index is 12.9. The number of benzene rings is 2. The smallest absolute Gasteiger partial charge is 0.258 e. The quantitative estimate of drug-likeness (QED) is 0.616. The number of hydrogen-bond acceptors (Lipinski definition) is 5. The van der Waals surface area contributed by atoms with Crippen LogP contribution in [0, 0.1) is 0 Å². The summed E-state index contributed by atoms with van der Waals surface area (Å²) in [6.07, 6.45) is 2.01. The summed E-state index contributed by atoms with van der Waals surface area (Å²) in [5, 5.41) is 0.978. The number of aromatic nitrogens is 1. The molecule has 29 heavy (non-hydrogen) atoms. The molecule has 0 saturated carbocycles. The number of thiazole rings is 1. The molecule has 1 saturated heterocycles. The van der Waals surface area contributed by atoms with Crippen molar-refractivity contribution in [1.29, 1.82) is 0 Å². The van der Waals surface area contributed by atoms with Crippen molar-refractivity contribution in [3.8, 4) is 11.3 Å². The van der Waals surface area contributed by atoms with Crippen molar-refractivity contribution in [2.24, 2.45) is 0 Å². The van der Waals surface area contributed by atoms with Gasteiger partial charge in [0.05, 0.1) is 35.0 Å². The van der Waals surface area contributed by atoms with Crippen LogP contribution in [0.1, 0.15) is 10.4 Å². The molecule has 0 aliphatic carbocycles. The predicted molar refractivity (Wildman–Crippen MR) is 118 cm³/mol. The van der Waals surface area contributed by atoms with Crippen LogP contribution in [0.5, 0.6) is 0 Å². The molecule has 0 N–H and O–H groups in total. The second-order valence-corrected chi connectivity index (χ2v) is 8.12. The van der Waals surface area contributed by atoms with Crippen LogP contribution in [0.25, 0.3) is 22.9 Å². The number of para-hydroxylation sites is 1. The number of nitrogens with zero attached hydrogens (tertiary/aromatic N) is 3. The lowest BCUT2D eigenvalue weighted by Crippen LogP contribution is -2.36. The first-order valence-electron chi connectivity index (χ1n) is 9.70. The van der Waals surface area contributed by atoms with Crippen molar-refractivity contribution in [3.63, 3.8) is 0 Å². The molecule has 2 aliphatic heterocycles. The van der Waals surface area contributed by atoms with Gasteiger partial charge < -0.3 is 14.5 Å². The zero-order valence-electron chi connectivity index (χ0n) is 16.2. The highest BCUT2D eigenvalue weighted by Gasteiger charge is 2.30.